The van der Waals surface area contributed by atoms with E-state index in [-0.39, 0.29) is 23.2 Å². The summed E-state index contributed by atoms with van der Waals surface area (Å²) in [5.41, 5.74) is 1.48. The first-order valence-electron chi connectivity index (χ1n) is 8.63. The monoisotopic (exact) mass is 374 g/mol. The Hall–Kier alpha value is -2.48. The number of benzene rings is 1. The van der Waals surface area contributed by atoms with Gasteiger partial charge in [0.1, 0.15) is 11.5 Å². The summed E-state index contributed by atoms with van der Waals surface area (Å²) in [6.45, 7) is 0.759. The van der Waals surface area contributed by atoms with Crippen molar-refractivity contribution in [3.05, 3.63) is 54.0 Å². The van der Waals surface area contributed by atoms with Gasteiger partial charge in [0.05, 0.1) is 23.9 Å². The van der Waals surface area contributed by atoms with E-state index in [1.165, 1.54) is 18.0 Å². The Bertz CT molecular complexity index is 838. The molecule has 1 atom stereocenters. The fourth-order valence-electron chi connectivity index (χ4n) is 2.86. The van der Waals surface area contributed by atoms with E-state index in [4.69, 9.17) is 0 Å². The number of nitrogens with one attached hydrogen (secondary N) is 2. The SMILES string of the molecule is O=C(NC1CCS(=O)(=O)C1)c1cnc(NCCCc2ccccc2)cn1. The lowest BCUT2D eigenvalue weighted by molar-refractivity contribution is 0.0935. The van der Waals surface area contributed by atoms with Crippen LogP contribution in [-0.4, -0.2) is 48.4 Å². The highest BCUT2D eigenvalue weighted by Gasteiger charge is 2.29. The Labute approximate surface area is 153 Å². The van der Waals surface area contributed by atoms with Crippen LogP contribution < -0.4 is 10.6 Å². The van der Waals surface area contributed by atoms with E-state index in [0.29, 0.717) is 12.2 Å². The Balaban J connectivity index is 1.43. The molecule has 7 nitrogen and oxygen atoms in total. The van der Waals surface area contributed by atoms with Crippen LogP contribution in [0.5, 0.6) is 0 Å². The minimum atomic E-state index is -3.02. The first kappa shape index (κ1) is 18.3. The first-order valence-corrected chi connectivity index (χ1v) is 10.5. The molecule has 2 aromatic rings. The second kappa shape index (κ2) is 8.27. The number of carbonyl (C=O) groups is 1. The highest BCUT2D eigenvalue weighted by molar-refractivity contribution is 7.91. The molecular formula is C18H22N4O3S. The standard InChI is InChI=1S/C18H22N4O3S/c23-18(22-15-8-10-26(24,25)13-15)16-11-21-17(12-20-16)19-9-4-7-14-5-2-1-3-6-14/h1-3,5-6,11-12,15H,4,7-10,13H2,(H,19,21)(H,22,23). The predicted octanol–water partition coefficient (Wildman–Crippen LogP) is 1.44. The maximum absolute atomic E-state index is 12.1. The van der Waals surface area contributed by atoms with Crippen LogP contribution in [0.4, 0.5) is 5.82 Å². The average molecular weight is 374 g/mol. The number of hydrogen-bond donors (Lipinski definition) is 2. The zero-order valence-corrected chi connectivity index (χ0v) is 15.2. The Kier molecular flexibility index (Phi) is 5.82. The van der Waals surface area contributed by atoms with Crippen LogP contribution in [0.1, 0.15) is 28.9 Å². The van der Waals surface area contributed by atoms with Gasteiger partial charge >= 0.3 is 0 Å². The summed E-state index contributed by atoms with van der Waals surface area (Å²) in [6.07, 6.45) is 5.31. The van der Waals surface area contributed by atoms with Gasteiger partial charge in [0, 0.05) is 12.6 Å². The normalized spacial score (nSPS) is 18.4. The van der Waals surface area contributed by atoms with Crippen LogP contribution in [0.3, 0.4) is 0 Å². The summed E-state index contributed by atoms with van der Waals surface area (Å²) in [5.74, 6) is 0.330. The van der Waals surface area contributed by atoms with Crippen molar-refractivity contribution in [2.24, 2.45) is 0 Å². The van der Waals surface area contributed by atoms with Crippen molar-refractivity contribution in [2.75, 3.05) is 23.4 Å². The zero-order valence-electron chi connectivity index (χ0n) is 14.4. The molecule has 2 N–H and O–H groups in total. The van der Waals surface area contributed by atoms with Gasteiger partial charge in [-0.05, 0) is 24.8 Å². The molecule has 0 saturated carbocycles. The van der Waals surface area contributed by atoms with Crippen molar-refractivity contribution in [3.63, 3.8) is 0 Å². The highest BCUT2D eigenvalue weighted by atomic mass is 32.2. The quantitative estimate of drug-likeness (QED) is 0.711. The number of amides is 1. The summed E-state index contributed by atoms with van der Waals surface area (Å²) in [6, 6.07) is 9.91. The molecule has 138 valence electrons. The molecule has 0 spiro atoms. The van der Waals surface area contributed by atoms with Gasteiger partial charge in [-0.1, -0.05) is 30.3 Å². The molecule has 1 fully saturated rings. The number of aryl methyl sites for hydroxylation is 1. The van der Waals surface area contributed by atoms with Crippen LogP contribution >= 0.6 is 0 Å². The molecule has 0 aliphatic carbocycles. The van der Waals surface area contributed by atoms with Crippen LogP contribution in [-0.2, 0) is 16.3 Å². The molecule has 1 saturated heterocycles. The van der Waals surface area contributed by atoms with Crippen LogP contribution in [0.15, 0.2) is 42.7 Å². The summed E-state index contributed by atoms with van der Waals surface area (Å²) >= 11 is 0. The fourth-order valence-corrected chi connectivity index (χ4v) is 4.53. The molecule has 0 radical (unpaired) electrons. The highest BCUT2D eigenvalue weighted by Crippen LogP contribution is 2.12. The van der Waals surface area contributed by atoms with Gasteiger partial charge in [0.15, 0.2) is 9.84 Å². The van der Waals surface area contributed by atoms with Crippen LogP contribution in [0.2, 0.25) is 0 Å². The Morgan fingerprint density at radius 1 is 1.15 bits per heavy atom. The van der Waals surface area contributed by atoms with Gasteiger partial charge in [-0.3, -0.25) is 4.79 Å². The van der Waals surface area contributed by atoms with Gasteiger partial charge in [-0.2, -0.15) is 0 Å². The summed E-state index contributed by atoms with van der Waals surface area (Å²) in [7, 11) is -3.02. The van der Waals surface area contributed by atoms with Crippen molar-refractivity contribution >= 4 is 21.6 Å². The number of rotatable bonds is 7. The van der Waals surface area contributed by atoms with E-state index in [0.717, 1.165) is 19.4 Å². The lowest BCUT2D eigenvalue weighted by Crippen LogP contribution is -2.36. The Morgan fingerprint density at radius 3 is 2.62 bits per heavy atom. The van der Waals surface area contributed by atoms with E-state index in [9.17, 15) is 13.2 Å². The van der Waals surface area contributed by atoms with Crippen molar-refractivity contribution in [1.82, 2.24) is 15.3 Å². The van der Waals surface area contributed by atoms with Gasteiger partial charge in [-0.25, -0.2) is 18.4 Å². The molecule has 1 unspecified atom stereocenters. The molecule has 1 aromatic carbocycles. The molecule has 26 heavy (non-hydrogen) atoms. The third kappa shape index (κ3) is 5.26. The summed E-state index contributed by atoms with van der Waals surface area (Å²) in [4.78, 5) is 20.4. The number of nitrogens with zero attached hydrogens (tertiary/aromatic N) is 2. The fraction of sp³-hybridized carbons (Fsp3) is 0.389. The minimum Gasteiger partial charge on any atom is -0.369 e. The molecule has 1 aliphatic rings. The molecule has 3 rings (SSSR count). The third-order valence-corrected chi connectivity index (χ3v) is 6.01. The lowest BCUT2D eigenvalue weighted by Gasteiger charge is -2.10. The van der Waals surface area contributed by atoms with Crippen LogP contribution in [0, 0.1) is 0 Å². The summed E-state index contributed by atoms with van der Waals surface area (Å²) < 4.78 is 22.9. The van der Waals surface area contributed by atoms with Gasteiger partial charge in [-0.15, -0.1) is 0 Å². The van der Waals surface area contributed by atoms with Gasteiger partial charge < -0.3 is 10.6 Å². The van der Waals surface area contributed by atoms with Crippen molar-refractivity contribution in [2.45, 2.75) is 25.3 Å². The topological polar surface area (TPSA) is 101 Å². The molecule has 0 bridgehead atoms. The van der Waals surface area contributed by atoms with Gasteiger partial charge in [0.25, 0.3) is 5.91 Å². The molecule has 1 aliphatic heterocycles. The average Bonchev–Trinajstić information content (AvgIpc) is 2.98. The second-order valence-electron chi connectivity index (χ2n) is 6.38. The number of sulfone groups is 1. The number of anilines is 1. The van der Waals surface area contributed by atoms with E-state index in [1.807, 2.05) is 18.2 Å². The van der Waals surface area contributed by atoms with E-state index >= 15 is 0 Å². The Morgan fingerprint density at radius 2 is 1.96 bits per heavy atom. The molecular weight excluding hydrogens is 352 g/mol. The molecule has 8 heteroatoms. The lowest BCUT2D eigenvalue weighted by atomic mass is 10.1. The second-order valence-corrected chi connectivity index (χ2v) is 8.60. The predicted molar refractivity (Wildman–Crippen MR) is 99.8 cm³/mol. The number of carbonyl (C=O) groups excluding carboxylic acids is 1. The van der Waals surface area contributed by atoms with Crippen molar-refractivity contribution < 1.29 is 13.2 Å². The van der Waals surface area contributed by atoms with Crippen molar-refractivity contribution in [1.29, 1.82) is 0 Å². The van der Waals surface area contributed by atoms with Gasteiger partial charge in [0.2, 0.25) is 0 Å². The van der Waals surface area contributed by atoms with E-state index < -0.39 is 15.7 Å². The maximum Gasteiger partial charge on any atom is 0.271 e. The molecule has 1 aromatic heterocycles. The number of hydrogen-bond acceptors (Lipinski definition) is 6. The summed E-state index contributed by atoms with van der Waals surface area (Å²) in [5, 5.41) is 5.88. The van der Waals surface area contributed by atoms with E-state index in [1.54, 1.807) is 0 Å². The first-order chi connectivity index (χ1) is 12.5. The minimum absolute atomic E-state index is 0.00672. The third-order valence-electron chi connectivity index (χ3n) is 4.24. The van der Waals surface area contributed by atoms with E-state index in [2.05, 4.69) is 32.7 Å². The molecule has 2 heterocycles. The van der Waals surface area contributed by atoms with Crippen molar-refractivity contribution in [3.8, 4) is 0 Å². The largest absolute Gasteiger partial charge is 0.369 e. The van der Waals surface area contributed by atoms with Crippen LogP contribution in [0.25, 0.3) is 0 Å². The number of aromatic nitrogens is 2. The zero-order chi connectivity index (χ0) is 18.4. The molecule has 1 amide bonds. The smallest absolute Gasteiger partial charge is 0.271 e. The maximum atomic E-state index is 12.1.